The first-order chi connectivity index (χ1) is 3.72. The van der Waals surface area contributed by atoms with Crippen molar-refractivity contribution < 1.29 is 51.6 Å². The van der Waals surface area contributed by atoms with Crippen LogP contribution in [0.4, 0.5) is 0 Å². The maximum atomic E-state index is 10.2. The van der Waals surface area contributed by atoms with E-state index < -0.39 is 5.97 Å². The van der Waals surface area contributed by atoms with Crippen LogP contribution >= 0.6 is 0 Å². The van der Waals surface area contributed by atoms with Crippen molar-refractivity contribution in [3.63, 3.8) is 0 Å². The molecule has 0 aromatic rings. The molecule has 0 atom stereocenters. The van der Waals surface area contributed by atoms with Crippen LogP contribution in [0.5, 0.6) is 0 Å². The molecular weight excluding hydrogens is 244 g/mol. The number of carboxylic acids is 1. The molecule has 0 heterocycles. The minimum atomic E-state index is -0.671. The van der Waals surface area contributed by atoms with Crippen LogP contribution in [-0.2, 0) is 4.79 Å². The fraction of sp³-hybridized carbons (Fsp3) is 0.833. The molecule has 3 heteroatoms. The smallest absolute Gasteiger partial charge is 0.306 e. The second-order valence-electron chi connectivity index (χ2n) is 1.85. The first kappa shape index (κ1) is 12.5. The number of rotatable bonds is 3. The average molecular weight is 256 g/mol. The normalized spacial score (nSPS) is 8.78. The van der Waals surface area contributed by atoms with Gasteiger partial charge in [-0.2, -0.15) is 0 Å². The van der Waals surface area contributed by atoms with Gasteiger partial charge in [0.2, 0.25) is 0 Å². The number of hydrogen-bond acceptors (Lipinski definition) is 1. The third-order valence-corrected chi connectivity index (χ3v) is 1.33. The molecule has 0 aliphatic carbocycles. The molecule has 0 radical (unpaired) electrons. The topological polar surface area (TPSA) is 37.3 Å². The van der Waals surface area contributed by atoms with Crippen molar-refractivity contribution in [2.75, 3.05) is 0 Å². The Bertz CT molecular complexity index is 79.1. The predicted octanol–water partition coefficient (Wildman–Crippen LogP) is 1.51. The standard InChI is InChI=1S/C6H12O2.Ce/c1-3-5(4-2)6(7)8;/h5H,3-4H2,1-2H3,(H,7,8);. The zero-order chi connectivity index (χ0) is 6.57. The van der Waals surface area contributed by atoms with Gasteiger partial charge < -0.3 is 5.11 Å². The van der Waals surface area contributed by atoms with Gasteiger partial charge in [-0.3, -0.25) is 4.79 Å². The van der Waals surface area contributed by atoms with Crippen molar-refractivity contribution in [1.82, 2.24) is 0 Å². The Labute approximate surface area is 89.4 Å². The summed E-state index contributed by atoms with van der Waals surface area (Å²) in [4.78, 5) is 10.2. The quantitative estimate of drug-likeness (QED) is 0.831. The van der Waals surface area contributed by atoms with Gasteiger partial charge in [-0.25, -0.2) is 0 Å². The Morgan fingerprint density at radius 3 is 1.78 bits per heavy atom. The summed E-state index contributed by atoms with van der Waals surface area (Å²) >= 11 is 0. The van der Waals surface area contributed by atoms with Gasteiger partial charge in [-0.15, -0.1) is 0 Å². The zero-order valence-electron chi connectivity index (χ0n) is 5.85. The molecule has 1 N–H and O–H groups in total. The molecule has 0 unspecified atom stereocenters. The molecule has 0 bridgehead atoms. The van der Waals surface area contributed by atoms with E-state index in [0.717, 1.165) is 12.8 Å². The van der Waals surface area contributed by atoms with Crippen LogP contribution in [-0.4, -0.2) is 11.1 Å². The summed E-state index contributed by atoms with van der Waals surface area (Å²) in [7, 11) is 0. The summed E-state index contributed by atoms with van der Waals surface area (Å²) in [6.45, 7) is 3.78. The molecule has 0 saturated carbocycles. The van der Waals surface area contributed by atoms with E-state index >= 15 is 0 Å². The molecule has 52 valence electrons. The van der Waals surface area contributed by atoms with E-state index in [1.165, 1.54) is 0 Å². The average Bonchev–Trinajstić information content (AvgIpc) is 1.69. The monoisotopic (exact) mass is 256 g/mol. The Morgan fingerprint density at radius 1 is 1.44 bits per heavy atom. The summed E-state index contributed by atoms with van der Waals surface area (Å²) < 4.78 is 0. The van der Waals surface area contributed by atoms with Crippen molar-refractivity contribution in [2.24, 2.45) is 5.92 Å². The van der Waals surface area contributed by atoms with Crippen LogP contribution in [0.2, 0.25) is 0 Å². The minimum absolute atomic E-state index is 0. The van der Waals surface area contributed by atoms with Gasteiger partial charge in [0, 0.05) is 41.7 Å². The van der Waals surface area contributed by atoms with Crippen LogP contribution in [0.15, 0.2) is 0 Å². The van der Waals surface area contributed by atoms with E-state index in [-0.39, 0.29) is 47.7 Å². The molecule has 0 spiro atoms. The van der Waals surface area contributed by atoms with Gasteiger partial charge in [-0.05, 0) is 12.8 Å². The molecule has 0 amide bonds. The first-order valence-electron chi connectivity index (χ1n) is 2.95. The van der Waals surface area contributed by atoms with Gasteiger partial charge in [0.05, 0.1) is 5.92 Å². The Kier molecular flexibility index (Phi) is 9.68. The SMILES string of the molecule is CCC(CC)C(=O)O.[Ce]. The van der Waals surface area contributed by atoms with Gasteiger partial charge >= 0.3 is 5.97 Å². The van der Waals surface area contributed by atoms with Crippen LogP contribution in [0.1, 0.15) is 26.7 Å². The molecule has 0 aromatic heterocycles. The summed E-state index contributed by atoms with van der Waals surface area (Å²) in [6.07, 6.45) is 1.48. The third-order valence-electron chi connectivity index (χ3n) is 1.33. The van der Waals surface area contributed by atoms with Crippen LogP contribution in [0.3, 0.4) is 0 Å². The van der Waals surface area contributed by atoms with Crippen molar-refractivity contribution >= 4 is 5.97 Å². The summed E-state index contributed by atoms with van der Waals surface area (Å²) in [5.41, 5.74) is 0. The Balaban J connectivity index is 0. The molecule has 0 fully saturated rings. The van der Waals surface area contributed by atoms with E-state index in [1.807, 2.05) is 13.8 Å². The summed E-state index contributed by atoms with van der Waals surface area (Å²) in [5, 5.41) is 8.37. The maximum Gasteiger partial charge on any atom is 0.306 e. The third kappa shape index (κ3) is 5.30. The van der Waals surface area contributed by atoms with E-state index in [2.05, 4.69) is 0 Å². The molecule has 9 heavy (non-hydrogen) atoms. The largest absolute Gasteiger partial charge is 0.481 e. The first-order valence-corrected chi connectivity index (χ1v) is 2.95. The second-order valence-corrected chi connectivity index (χ2v) is 1.85. The molecule has 0 aliphatic rings. The fourth-order valence-corrected chi connectivity index (χ4v) is 0.638. The van der Waals surface area contributed by atoms with Crippen molar-refractivity contribution in [1.29, 1.82) is 0 Å². The molecular formula is C6H12CeO2. The summed E-state index contributed by atoms with van der Waals surface area (Å²) in [6, 6.07) is 0. The minimum Gasteiger partial charge on any atom is -0.481 e. The van der Waals surface area contributed by atoms with Crippen LogP contribution in [0.25, 0.3) is 0 Å². The number of hydrogen-bond donors (Lipinski definition) is 1. The Hall–Kier alpha value is 0.847. The zero-order valence-corrected chi connectivity index (χ0v) is 8.99. The van der Waals surface area contributed by atoms with Gasteiger partial charge in [0.1, 0.15) is 0 Å². The molecule has 0 aromatic carbocycles. The predicted molar refractivity (Wildman–Crippen MR) is 31.7 cm³/mol. The molecule has 0 rings (SSSR count). The van der Waals surface area contributed by atoms with Crippen LogP contribution in [0, 0.1) is 47.7 Å². The van der Waals surface area contributed by atoms with Crippen molar-refractivity contribution in [2.45, 2.75) is 26.7 Å². The number of aliphatic carboxylic acids is 1. The van der Waals surface area contributed by atoms with Gasteiger partial charge in [0.25, 0.3) is 0 Å². The van der Waals surface area contributed by atoms with E-state index in [4.69, 9.17) is 5.11 Å². The Morgan fingerprint density at radius 2 is 1.78 bits per heavy atom. The molecule has 0 saturated heterocycles. The fourth-order valence-electron chi connectivity index (χ4n) is 0.638. The second kappa shape index (κ2) is 6.96. The van der Waals surface area contributed by atoms with E-state index in [0.29, 0.717) is 0 Å². The van der Waals surface area contributed by atoms with E-state index in [1.54, 1.807) is 0 Å². The van der Waals surface area contributed by atoms with Crippen molar-refractivity contribution in [3.8, 4) is 0 Å². The molecule has 2 nitrogen and oxygen atoms in total. The summed E-state index contributed by atoms with van der Waals surface area (Å²) in [5.74, 6) is -0.801. The molecule has 0 aliphatic heterocycles. The maximum absolute atomic E-state index is 10.2. The van der Waals surface area contributed by atoms with Gasteiger partial charge in [-0.1, -0.05) is 13.8 Å². The van der Waals surface area contributed by atoms with Crippen LogP contribution < -0.4 is 0 Å². The van der Waals surface area contributed by atoms with Crippen molar-refractivity contribution in [3.05, 3.63) is 0 Å². The number of carboxylic acid groups (broad SMARTS) is 1. The van der Waals surface area contributed by atoms with Gasteiger partial charge in [0.15, 0.2) is 0 Å². The number of carbonyl (C=O) groups is 1. The van der Waals surface area contributed by atoms with E-state index in [9.17, 15) is 4.79 Å².